The second-order valence-electron chi connectivity index (χ2n) is 3.97. The van der Waals surface area contributed by atoms with E-state index in [1.807, 2.05) is 0 Å². The van der Waals surface area contributed by atoms with Crippen LogP contribution in [0.25, 0.3) is 0 Å². The third-order valence-electron chi connectivity index (χ3n) is 2.91. The zero-order valence-electron chi connectivity index (χ0n) is 9.67. The van der Waals surface area contributed by atoms with Crippen LogP contribution in [-0.4, -0.2) is 60.7 Å². The van der Waals surface area contributed by atoms with Gasteiger partial charge in [0.1, 0.15) is 6.04 Å². The van der Waals surface area contributed by atoms with E-state index in [0.29, 0.717) is 13.1 Å². The van der Waals surface area contributed by atoms with Crippen LogP contribution in [0.15, 0.2) is 4.99 Å². The van der Waals surface area contributed by atoms with Gasteiger partial charge in [-0.05, 0) is 13.3 Å². The van der Waals surface area contributed by atoms with Crippen molar-refractivity contribution in [1.29, 1.82) is 0 Å². The fraction of sp³-hybridized carbons (Fsp3) is 0.700. The van der Waals surface area contributed by atoms with E-state index in [4.69, 9.17) is 5.73 Å². The molecule has 1 saturated heterocycles. The second kappa shape index (κ2) is 5.48. The van der Waals surface area contributed by atoms with Crippen molar-refractivity contribution in [3.8, 4) is 0 Å². The van der Waals surface area contributed by atoms with Crippen molar-refractivity contribution in [3.05, 3.63) is 0 Å². The molecular weight excluding hydrogens is 208 g/mol. The fourth-order valence-electron chi connectivity index (χ4n) is 1.85. The van der Waals surface area contributed by atoms with Gasteiger partial charge in [-0.25, -0.2) is 0 Å². The van der Waals surface area contributed by atoms with E-state index < -0.39 is 6.04 Å². The van der Waals surface area contributed by atoms with Gasteiger partial charge in [0.15, 0.2) is 0 Å². The van der Waals surface area contributed by atoms with Crippen molar-refractivity contribution in [1.82, 2.24) is 9.80 Å². The third kappa shape index (κ3) is 2.71. The molecule has 90 valence electrons. The number of carbonyl (C=O) groups is 2. The van der Waals surface area contributed by atoms with Crippen molar-refractivity contribution >= 4 is 18.7 Å². The standard InChI is InChI=1S/C10H18N4O2/c1-8(12-6-11)10(16)13(2)9-3-4-14(5-9)7-15/h6-9H,3-5H2,1-2H3,(H2,11,12). The maximum absolute atomic E-state index is 11.9. The van der Waals surface area contributed by atoms with Gasteiger partial charge in [-0.3, -0.25) is 14.6 Å². The number of carbonyl (C=O) groups excluding carboxylic acids is 2. The maximum atomic E-state index is 11.9. The molecule has 2 unspecified atom stereocenters. The highest BCUT2D eigenvalue weighted by atomic mass is 16.2. The van der Waals surface area contributed by atoms with Gasteiger partial charge in [0.25, 0.3) is 0 Å². The second-order valence-corrected chi connectivity index (χ2v) is 3.97. The Kier molecular flexibility index (Phi) is 4.28. The topological polar surface area (TPSA) is 79.0 Å². The zero-order chi connectivity index (χ0) is 12.1. The van der Waals surface area contributed by atoms with E-state index in [0.717, 1.165) is 19.2 Å². The van der Waals surface area contributed by atoms with Crippen LogP contribution < -0.4 is 5.73 Å². The molecule has 0 aromatic heterocycles. The molecule has 0 aliphatic carbocycles. The van der Waals surface area contributed by atoms with Crippen LogP contribution >= 0.6 is 0 Å². The molecule has 2 atom stereocenters. The predicted molar refractivity (Wildman–Crippen MR) is 61.0 cm³/mol. The Bertz CT molecular complexity index is 293. The Balaban J connectivity index is 2.54. The third-order valence-corrected chi connectivity index (χ3v) is 2.91. The summed E-state index contributed by atoms with van der Waals surface area (Å²) in [5, 5.41) is 0. The van der Waals surface area contributed by atoms with Crippen LogP contribution in [0.3, 0.4) is 0 Å². The Hall–Kier alpha value is -1.59. The normalized spacial score (nSPS) is 22.4. The van der Waals surface area contributed by atoms with Crippen molar-refractivity contribution in [2.24, 2.45) is 10.7 Å². The number of likely N-dealkylation sites (N-methyl/N-ethyl adjacent to an activating group) is 1. The van der Waals surface area contributed by atoms with Gasteiger partial charge in [0.05, 0.1) is 12.4 Å². The van der Waals surface area contributed by atoms with Crippen LogP contribution in [0.1, 0.15) is 13.3 Å². The predicted octanol–water partition coefficient (Wildman–Crippen LogP) is -0.949. The Morgan fingerprint density at radius 3 is 2.88 bits per heavy atom. The van der Waals surface area contributed by atoms with Crippen LogP contribution in [-0.2, 0) is 9.59 Å². The molecule has 2 N–H and O–H groups in total. The number of hydrogen-bond acceptors (Lipinski definition) is 3. The van der Waals surface area contributed by atoms with Gasteiger partial charge < -0.3 is 15.5 Å². The Labute approximate surface area is 95.1 Å². The molecule has 1 heterocycles. The number of aliphatic imine (C=N–C) groups is 1. The molecule has 1 aliphatic rings. The first-order valence-electron chi connectivity index (χ1n) is 5.29. The molecule has 1 aliphatic heterocycles. The summed E-state index contributed by atoms with van der Waals surface area (Å²) in [6.45, 7) is 3.01. The lowest BCUT2D eigenvalue weighted by molar-refractivity contribution is -0.133. The van der Waals surface area contributed by atoms with Crippen molar-refractivity contribution in [3.63, 3.8) is 0 Å². The summed E-state index contributed by atoms with van der Waals surface area (Å²) in [5.74, 6) is -0.0700. The van der Waals surface area contributed by atoms with Crippen LogP contribution in [0.2, 0.25) is 0 Å². The summed E-state index contributed by atoms with van der Waals surface area (Å²) in [4.78, 5) is 29.6. The summed E-state index contributed by atoms with van der Waals surface area (Å²) in [6, 6.07) is -0.367. The fourth-order valence-corrected chi connectivity index (χ4v) is 1.85. The van der Waals surface area contributed by atoms with Crippen LogP contribution in [0, 0.1) is 0 Å². The molecule has 0 bridgehead atoms. The van der Waals surface area contributed by atoms with Crippen molar-refractivity contribution in [2.75, 3.05) is 20.1 Å². The van der Waals surface area contributed by atoms with Crippen LogP contribution in [0.5, 0.6) is 0 Å². The average Bonchev–Trinajstić information content (AvgIpc) is 2.75. The molecule has 1 rings (SSSR count). The lowest BCUT2D eigenvalue weighted by Crippen LogP contribution is -2.43. The number of likely N-dealkylation sites (tertiary alicyclic amines) is 1. The Morgan fingerprint density at radius 1 is 1.69 bits per heavy atom. The van der Waals surface area contributed by atoms with Gasteiger partial charge in [-0.15, -0.1) is 0 Å². The lowest BCUT2D eigenvalue weighted by Gasteiger charge is -2.25. The minimum absolute atomic E-state index is 0.0700. The molecule has 2 amide bonds. The quantitative estimate of drug-likeness (QED) is 0.381. The number of hydrogen-bond donors (Lipinski definition) is 1. The summed E-state index contributed by atoms with van der Waals surface area (Å²) < 4.78 is 0. The molecule has 1 fully saturated rings. The first kappa shape index (κ1) is 12.5. The molecule has 0 radical (unpaired) electrons. The number of nitrogens with zero attached hydrogens (tertiary/aromatic N) is 3. The molecule has 6 nitrogen and oxygen atoms in total. The highest BCUT2D eigenvalue weighted by molar-refractivity contribution is 5.83. The van der Waals surface area contributed by atoms with Crippen LogP contribution in [0.4, 0.5) is 0 Å². The van der Waals surface area contributed by atoms with Crippen molar-refractivity contribution in [2.45, 2.75) is 25.4 Å². The van der Waals surface area contributed by atoms with Gasteiger partial charge >= 0.3 is 0 Å². The monoisotopic (exact) mass is 226 g/mol. The molecule has 0 aromatic rings. The highest BCUT2D eigenvalue weighted by Gasteiger charge is 2.29. The average molecular weight is 226 g/mol. The molecule has 6 heteroatoms. The minimum Gasteiger partial charge on any atom is -0.390 e. The summed E-state index contributed by atoms with van der Waals surface area (Å²) in [5.41, 5.74) is 5.15. The lowest BCUT2D eigenvalue weighted by atomic mass is 10.2. The Morgan fingerprint density at radius 2 is 2.38 bits per heavy atom. The first-order valence-corrected chi connectivity index (χ1v) is 5.29. The molecule has 0 aromatic carbocycles. The van der Waals surface area contributed by atoms with Gasteiger partial charge in [-0.2, -0.15) is 0 Å². The van der Waals surface area contributed by atoms with E-state index in [2.05, 4.69) is 4.99 Å². The smallest absolute Gasteiger partial charge is 0.247 e. The van der Waals surface area contributed by atoms with Gasteiger partial charge in [0.2, 0.25) is 12.3 Å². The first-order chi connectivity index (χ1) is 7.60. The molecule has 16 heavy (non-hydrogen) atoms. The SMILES string of the molecule is CC(N=CN)C(=O)N(C)C1CCN(C=O)C1. The van der Waals surface area contributed by atoms with E-state index in [9.17, 15) is 9.59 Å². The summed E-state index contributed by atoms with van der Waals surface area (Å²) in [6.07, 6.45) is 2.78. The summed E-state index contributed by atoms with van der Waals surface area (Å²) >= 11 is 0. The van der Waals surface area contributed by atoms with E-state index in [1.54, 1.807) is 23.8 Å². The van der Waals surface area contributed by atoms with Gasteiger partial charge in [0, 0.05) is 20.1 Å². The molecule has 0 saturated carbocycles. The summed E-state index contributed by atoms with van der Waals surface area (Å²) in [7, 11) is 1.74. The van der Waals surface area contributed by atoms with Gasteiger partial charge in [-0.1, -0.05) is 0 Å². The number of nitrogens with two attached hydrogens (primary N) is 1. The van der Waals surface area contributed by atoms with E-state index in [1.165, 1.54) is 0 Å². The molecule has 0 spiro atoms. The minimum atomic E-state index is -0.458. The zero-order valence-corrected chi connectivity index (χ0v) is 9.67. The maximum Gasteiger partial charge on any atom is 0.247 e. The van der Waals surface area contributed by atoms with Crippen molar-refractivity contribution < 1.29 is 9.59 Å². The highest BCUT2D eigenvalue weighted by Crippen LogP contribution is 2.14. The number of rotatable bonds is 4. The molecular formula is C10H18N4O2. The largest absolute Gasteiger partial charge is 0.390 e. The van der Waals surface area contributed by atoms with E-state index >= 15 is 0 Å². The van der Waals surface area contributed by atoms with E-state index in [-0.39, 0.29) is 11.9 Å². The number of amides is 2.